The molecule has 1 amide bonds. The molecule has 7 nitrogen and oxygen atoms in total. The van der Waals surface area contributed by atoms with Crippen LogP contribution in [-0.2, 0) is 4.79 Å². The monoisotopic (exact) mass is 396 g/mol. The molecule has 0 spiro atoms. The predicted octanol–water partition coefficient (Wildman–Crippen LogP) is 3.80. The predicted molar refractivity (Wildman–Crippen MR) is 109 cm³/mol. The Morgan fingerprint density at radius 3 is 2.54 bits per heavy atom. The number of hydrogen-bond donors (Lipinski definition) is 2. The Morgan fingerprint density at radius 1 is 1.14 bits per heavy atom. The summed E-state index contributed by atoms with van der Waals surface area (Å²) in [6.45, 7) is 3.23. The zero-order valence-electron chi connectivity index (χ0n) is 15.7. The van der Waals surface area contributed by atoms with Crippen LogP contribution in [0.2, 0.25) is 0 Å². The van der Waals surface area contributed by atoms with Crippen LogP contribution in [0.1, 0.15) is 24.2 Å². The molecule has 0 bridgehead atoms. The van der Waals surface area contributed by atoms with Gasteiger partial charge in [0.2, 0.25) is 11.1 Å². The Labute approximate surface area is 166 Å². The zero-order valence-corrected chi connectivity index (χ0v) is 16.5. The Morgan fingerprint density at radius 2 is 1.86 bits per heavy atom. The standard InChI is InChI=1S/C20H20N4O3S/c1-12(25)16-6-4-5-7-17(16)21-19(26)13(2)28-20-22-18(23-24-20)14-8-10-15(27-3)11-9-14/h4-11,13H,1-3H3,(H,21,26)(H,22,23,24)/t13-/m0/s1. The summed E-state index contributed by atoms with van der Waals surface area (Å²) in [6, 6.07) is 14.4. The SMILES string of the molecule is COc1ccc(-c2nc(S[C@@H](C)C(=O)Nc3ccccc3C(C)=O)n[nH]2)cc1. The van der Waals surface area contributed by atoms with E-state index in [-0.39, 0.29) is 11.7 Å². The number of aromatic nitrogens is 3. The molecule has 0 saturated carbocycles. The van der Waals surface area contributed by atoms with Crippen LogP contribution in [-0.4, -0.2) is 39.2 Å². The van der Waals surface area contributed by atoms with E-state index < -0.39 is 5.25 Å². The molecule has 8 heteroatoms. The fraction of sp³-hybridized carbons (Fsp3) is 0.200. The Kier molecular flexibility index (Phi) is 6.10. The highest BCUT2D eigenvalue weighted by molar-refractivity contribution is 8.00. The van der Waals surface area contributed by atoms with E-state index >= 15 is 0 Å². The van der Waals surface area contributed by atoms with Gasteiger partial charge in [-0.15, -0.1) is 5.10 Å². The minimum atomic E-state index is -0.445. The van der Waals surface area contributed by atoms with E-state index in [1.807, 2.05) is 24.3 Å². The van der Waals surface area contributed by atoms with Crippen molar-refractivity contribution in [3.63, 3.8) is 0 Å². The van der Waals surface area contributed by atoms with Crippen molar-refractivity contribution in [2.75, 3.05) is 12.4 Å². The van der Waals surface area contributed by atoms with Crippen molar-refractivity contribution >= 4 is 29.1 Å². The van der Waals surface area contributed by atoms with Gasteiger partial charge in [0.25, 0.3) is 0 Å². The van der Waals surface area contributed by atoms with Crippen LogP contribution in [0.25, 0.3) is 11.4 Å². The normalized spacial score (nSPS) is 11.7. The summed E-state index contributed by atoms with van der Waals surface area (Å²) in [7, 11) is 1.61. The second-order valence-electron chi connectivity index (χ2n) is 6.05. The van der Waals surface area contributed by atoms with Crippen molar-refractivity contribution in [3.05, 3.63) is 54.1 Å². The van der Waals surface area contributed by atoms with Crippen molar-refractivity contribution in [2.24, 2.45) is 0 Å². The molecule has 0 aliphatic rings. The van der Waals surface area contributed by atoms with Crippen LogP contribution < -0.4 is 10.1 Å². The molecule has 1 aromatic heterocycles. The third-order valence-electron chi connectivity index (χ3n) is 4.04. The van der Waals surface area contributed by atoms with Gasteiger partial charge >= 0.3 is 0 Å². The summed E-state index contributed by atoms with van der Waals surface area (Å²) >= 11 is 1.23. The number of rotatable bonds is 7. The number of H-pyrrole nitrogens is 1. The molecule has 3 rings (SSSR count). The van der Waals surface area contributed by atoms with Gasteiger partial charge in [-0.1, -0.05) is 23.9 Å². The first kappa shape index (κ1) is 19.6. The summed E-state index contributed by atoms with van der Waals surface area (Å²) in [5, 5.41) is 9.87. The molecule has 28 heavy (non-hydrogen) atoms. The number of carbonyl (C=O) groups is 2. The van der Waals surface area contributed by atoms with E-state index in [1.165, 1.54) is 18.7 Å². The molecule has 0 unspecified atom stereocenters. The van der Waals surface area contributed by atoms with E-state index in [0.717, 1.165) is 11.3 Å². The lowest BCUT2D eigenvalue weighted by Crippen LogP contribution is -2.23. The molecular weight excluding hydrogens is 376 g/mol. The van der Waals surface area contributed by atoms with Gasteiger partial charge in [-0.05, 0) is 50.2 Å². The molecule has 1 heterocycles. The van der Waals surface area contributed by atoms with E-state index in [1.54, 1.807) is 38.3 Å². The maximum atomic E-state index is 12.5. The Balaban J connectivity index is 1.66. The first-order valence-corrected chi connectivity index (χ1v) is 9.50. The Hall–Kier alpha value is -3.13. The number of nitrogens with zero attached hydrogens (tertiary/aromatic N) is 2. The molecule has 3 aromatic rings. The molecule has 0 saturated heterocycles. The van der Waals surface area contributed by atoms with E-state index in [4.69, 9.17) is 4.74 Å². The van der Waals surface area contributed by atoms with Crippen molar-refractivity contribution < 1.29 is 14.3 Å². The first-order chi connectivity index (χ1) is 13.5. The van der Waals surface area contributed by atoms with Crippen molar-refractivity contribution in [1.82, 2.24) is 15.2 Å². The summed E-state index contributed by atoms with van der Waals surface area (Å²) in [5.41, 5.74) is 1.85. The number of hydrogen-bond acceptors (Lipinski definition) is 6. The molecular formula is C20H20N4O3S. The smallest absolute Gasteiger partial charge is 0.237 e. The van der Waals surface area contributed by atoms with Gasteiger partial charge in [-0.25, -0.2) is 4.98 Å². The second kappa shape index (κ2) is 8.71. The molecule has 0 aliphatic carbocycles. The summed E-state index contributed by atoms with van der Waals surface area (Å²) < 4.78 is 5.15. The summed E-state index contributed by atoms with van der Waals surface area (Å²) in [6.07, 6.45) is 0. The number of carbonyl (C=O) groups excluding carboxylic acids is 2. The number of amides is 1. The number of nitrogens with one attached hydrogen (secondary N) is 2. The van der Waals surface area contributed by atoms with Gasteiger partial charge in [0.1, 0.15) is 5.75 Å². The van der Waals surface area contributed by atoms with Crippen LogP contribution >= 0.6 is 11.8 Å². The second-order valence-corrected chi connectivity index (χ2v) is 7.35. The van der Waals surface area contributed by atoms with Crippen molar-refractivity contribution in [1.29, 1.82) is 0 Å². The fourth-order valence-corrected chi connectivity index (χ4v) is 3.25. The van der Waals surface area contributed by atoms with Gasteiger partial charge in [-0.3, -0.25) is 14.7 Å². The van der Waals surface area contributed by atoms with Crippen LogP contribution in [0.4, 0.5) is 5.69 Å². The van der Waals surface area contributed by atoms with Gasteiger partial charge in [-0.2, -0.15) is 0 Å². The van der Waals surface area contributed by atoms with Crippen LogP contribution in [0, 0.1) is 0 Å². The number of thioether (sulfide) groups is 1. The largest absolute Gasteiger partial charge is 0.497 e. The molecule has 2 N–H and O–H groups in total. The number of ether oxygens (including phenoxy) is 1. The van der Waals surface area contributed by atoms with Gasteiger partial charge in [0.15, 0.2) is 11.6 Å². The third-order valence-corrected chi connectivity index (χ3v) is 5.01. The fourth-order valence-electron chi connectivity index (χ4n) is 2.52. The van der Waals surface area contributed by atoms with Crippen LogP contribution in [0.15, 0.2) is 53.7 Å². The van der Waals surface area contributed by atoms with Crippen LogP contribution in [0.3, 0.4) is 0 Å². The number of Topliss-reactive ketones (excluding diaryl/α,β-unsaturated/α-hetero) is 1. The molecule has 0 aliphatic heterocycles. The lowest BCUT2D eigenvalue weighted by Gasteiger charge is -2.12. The van der Waals surface area contributed by atoms with E-state index in [9.17, 15) is 9.59 Å². The van der Waals surface area contributed by atoms with E-state index in [2.05, 4.69) is 20.5 Å². The lowest BCUT2D eigenvalue weighted by atomic mass is 10.1. The highest BCUT2D eigenvalue weighted by Gasteiger charge is 2.19. The van der Waals surface area contributed by atoms with E-state index in [0.29, 0.717) is 22.2 Å². The average molecular weight is 396 g/mol. The van der Waals surface area contributed by atoms with Gasteiger partial charge in [0.05, 0.1) is 18.0 Å². The number of benzene rings is 2. The molecule has 0 radical (unpaired) electrons. The summed E-state index contributed by atoms with van der Waals surface area (Å²) in [5.74, 6) is 1.04. The maximum Gasteiger partial charge on any atom is 0.237 e. The first-order valence-electron chi connectivity index (χ1n) is 8.62. The number of ketones is 1. The molecule has 1 atom stereocenters. The third kappa shape index (κ3) is 4.58. The summed E-state index contributed by atoms with van der Waals surface area (Å²) in [4.78, 5) is 28.6. The van der Waals surface area contributed by atoms with Gasteiger partial charge in [0, 0.05) is 11.1 Å². The van der Waals surface area contributed by atoms with Crippen molar-refractivity contribution in [3.8, 4) is 17.1 Å². The molecule has 0 fully saturated rings. The topological polar surface area (TPSA) is 97.0 Å². The average Bonchev–Trinajstić information content (AvgIpc) is 3.16. The quantitative estimate of drug-likeness (QED) is 0.466. The Bertz CT molecular complexity index is 985. The number of para-hydroxylation sites is 1. The van der Waals surface area contributed by atoms with Crippen molar-refractivity contribution in [2.45, 2.75) is 24.3 Å². The minimum Gasteiger partial charge on any atom is -0.497 e. The maximum absolute atomic E-state index is 12.5. The van der Waals surface area contributed by atoms with Crippen LogP contribution in [0.5, 0.6) is 5.75 Å². The highest BCUT2D eigenvalue weighted by Crippen LogP contribution is 2.25. The number of methoxy groups -OCH3 is 1. The highest BCUT2D eigenvalue weighted by atomic mass is 32.2. The number of aromatic amines is 1. The number of anilines is 1. The molecule has 2 aromatic carbocycles. The zero-order chi connectivity index (χ0) is 20.1. The van der Waals surface area contributed by atoms with Gasteiger partial charge < -0.3 is 10.1 Å². The minimum absolute atomic E-state index is 0.102. The molecule has 144 valence electrons. The lowest BCUT2D eigenvalue weighted by molar-refractivity contribution is -0.115.